The molecule has 1 aromatic heterocycles. The van der Waals surface area contributed by atoms with Crippen molar-refractivity contribution in [2.75, 3.05) is 16.0 Å². The van der Waals surface area contributed by atoms with Crippen LogP contribution in [-0.2, 0) is 4.79 Å². The predicted octanol–water partition coefficient (Wildman–Crippen LogP) is 5.07. The molecule has 1 unspecified atom stereocenters. The van der Waals surface area contributed by atoms with Crippen LogP contribution in [0.1, 0.15) is 47.4 Å². The molecule has 1 aliphatic rings. The van der Waals surface area contributed by atoms with Gasteiger partial charge >= 0.3 is 0 Å². The fourth-order valence-corrected chi connectivity index (χ4v) is 3.50. The van der Waals surface area contributed by atoms with Crippen LogP contribution in [-0.4, -0.2) is 21.7 Å². The van der Waals surface area contributed by atoms with Crippen molar-refractivity contribution in [1.29, 1.82) is 0 Å². The zero-order valence-electron chi connectivity index (χ0n) is 18.9. The van der Waals surface area contributed by atoms with E-state index in [9.17, 15) is 19.7 Å². The lowest BCUT2D eigenvalue weighted by Gasteiger charge is -2.15. The molecular formula is C25H25N5O4. The van der Waals surface area contributed by atoms with Crippen molar-refractivity contribution in [3.8, 4) is 0 Å². The summed E-state index contributed by atoms with van der Waals surface area (Å²) in [7, 11) is 0. The Bertz CT molecular complexity index is 1240. The van der Waals surface area contributed by atoms with Gasteiger partial charge in [0.15, 0.2) is 0 Å². The maximum Gasteiger partial charge on any atom is 0.293 e. The number of hydrogen-bond donors (Lipinski definition) is 3. The van der Waals surface area contributed by atoms with Crippen molar-refractivity contribution in [2.24, 2.45) is 5.92 Å². The Balaban J connectivity index is 1.51. The van der Waals surface area contributed by atoms with Crippen LogP contribution in [0.4, 0.5) is 22.7 Å². The number of nitrogens with one attached hydrogen (secondary N) is 3. The van der Waals surface area contributed by atoms with Gasteiger partial charge in [-0.3, -0.25) is 24.7 Å². The van der Waals surface area contributed by atoms with Crippen molar-refractivity contribution in [3.05, 3.63) is 87.7 Å². The first kappa shape index (κ1) is 22.9. The summed E-state index contributed by atoms with van der Waals surface area (Å²) in [6.07, 6.45) is 3.45. The Morgan fingerprint density at radius 3 is 2.53 bits per heavy atom. The average Bonchev–Trinajstić information content (AvgIpc) is 3.67. The lowest BCUT2D eigenvalue weighted by Crippen LogP contribution is -2.16. The number of rotatable bonds is 8. The lowest BCUT2D eigenvalue weighted by molar-refractivity contribution is -0.384. The number of aryl methyl sites for hydroxylation is 1. The Hall–Kier alpha value is -4.27. The number of anilines is 3. The molecule has 174 valence electrons. The Morgan fingerprint density at radius 2 is 1.85 bits per heavy atom. The molecule has 9 nitrogen and oxygen atoms in total. The molecule has 0 aliphatic heterocycles. The van der Waals surface area contributed by atoms with Crippen molar-refractivity contribution in [3.63, 3.8) is 0 Å². The second kappa shape index (κ2) is 9.70. The SMILES string of the molecule is Cc1ccc(NC(=O)C2CC2)cc1NC(=O)c1ccc(NC(C)c2ccccn2)c([N+](=O)[O-])c1. The number of benzene rings is 2. The normalized spacial score (nSPS) is 13.6. The van der Waals surface area contributed by atoms with Crippen LogP contribution in [0, 0.1) is 23.0 Å². The van der Waals surface area contributed by atoms with Crippen molar-refractivity contribution in [2.45, 2.75) is 32.7 Å². The summed E-state index contributed by atoms with van der Waals surface area (Å²) in [5.41, 5.74) is 2.88. The molecule has 2 amide bonds. The fraction of sp³-hybridized carbons (Fsp3) is 0.240. The summed E-state index contributed by atoms with van der Waals surface area (Å²) in [5.74, 6) is -0.451. The van der Waals surface area contributed by atoms with Crippen LogP contribution >= 0.6 is 0 Å². The molecule has 1 saturated carbocycles. The van der Waals surface area contributed by atoms with Gasteiger partial charge in [-0.05, 0) is 68.7 Å². The Morgan fingerprint density at radius 1 is 1.06 bits per heavy atom. The zero-order valence-corrected chi connectivity index (χ0v) is 18.9. The van der Waals surface area contributed by atoms with E-state index in [1.54, 1.807) is 30.5 Å². The number of hydrogen-bond acceptors (Lipinski definition) is 6. The standard InChI is InChI=1S/C25H25N5O4/c1-15-6-10-19(28-24(31)17-7-8-17)14-22(15)29-25(32)18-9-11-21(23(13-18)30(33)34)27-16(2)20-5-3-4-12-26-20/h3-6,9-14,16-17,27H,7-8H2,1-2H3,(H,28,31)(H,29,32). The summed E-state index contributed by atoms with van der Waals surface area (Å²) >= 11 is 0. The van der Waals surface area contributed by atoms with Gasteiger partial charge in [-0.1, -0.05) is 12.1 Å². The van der Waals surface area contributed by atoms with E-state index in [4.69, 9.17) is 0 Å². The molecule has 2 aromatic carbocycles. The van der Waals surface area contributed by atoms with Gasteiger partial charge in [0.1, 0.15) is 5.69 Å². The third kappa shape index (κ3) is 5.37. The third-order valence-corrected chi connectivity index (χ3v) is 5.66. The van der Waals surface area contributed by atoms with Crippen LogP contribution in [0.15, 0.2) is 60.8 Å². The molecule has 0 spiro atoms. The molecule has 34 heavy (non-hydrogen) atoms. The van der Waals surface area contributed by atoms with E-state index in [0.29, 0.717) is 17.1 Å². The summed E-state index contributed by atoms with van der Waals surface area (Å²) < 4.78 is 0. The molecule has 1 aliphatic carbocycles. The van der Waals surface area contributed by atoms with Gasteiger partial charge in [0.05, 0.1) is 16.7 Å². The zero-order chi connectivity index (χ0) is 24.2. The number of amides is 2. The summed E-state index contributed by atoms with van der Waals surface area (Å²) in [6, 6.07) is 14.8. The van der Waals surface area contributed by atoms with Gasteiger partial charge < -0.3 is 16.0 Å². The van der Waals surface area contributed by atoms with Crippen LogP contribution in [0.25, 0.3) is 0 Å². The van der Waals surface area contributed by atoms with Crippen LogP contribution in [0.5, 0.6) is 0 Å². The smallest absolute Gasteiger partial charge is 0.293 e. The quantitative estimate of drug-likeness (QED) is 0.319. The molecule has 0 saturated heterocycles. The van der Waals surface area contributed by atoms with Crippen LogP contribution < -0.4 is 16.0 Å². The number of carbonyl (C=O) groups excluding carboxylic acids is 2. The topological polar surface area (TPSA) is 126 Å². The Kier molecular flexibility index (Phi) is 6.53. The number of nitro groups is 1. The first-order valence-corrected chi connectivity index (χ1v) is 11.0. The minimum atomic E-state index is -0.524. The molecule has 9 heteroatoms. The number of pyridine rings is 1. The monoisotopic (exact) mass is 459 g/mol. The van der Waals surface area contributed by atoms with E-state index >= 15 is 0 Å². The molecule has 1 atom stereocenters. The maximum atomic E-state index is 12.9. The van der Waals surface area contributed by atoms with E-state index in [0.717, 1.165) is 24.1 Å². The number of nitro benzene ring substituents is 1. The molecule has 1 fully saturated rings. The minimum absolute atomic E-state index is 0.0280. The highest BCUT2D eigenvalue weighted by atomic mass is 16.6. The third-order valence-electron chi connectivity index (χ3n) is 5.66. The predicted molar refractivity (Wildman–Crippen MR) is 130 cm³/mol. The molecular weight excluding hydrogens is 434 g/mol. The van der Waals surface area contributed by atoms with Crippen LogP contribution in [0.2, 0.25) is 0 Å². The van der Waals surface area contributed by atoms with Crippen LogP contribution in [0.3, 0.4) is 0 Å². The molecule has 1 heterocycles. The minimum Gasteiger partial charge on any atom is -0.371 e. The molecule has 0 radical (unpaired) electrons. The number of carbonyl (C=O) groups is 2. The van der Waals surface area contributed by atoms with Crippen molar-refractivity contribution < 1.29 is 14.5 Å². The average molecular weight is 460 g/mol. The van der Waals surface area contributed by atoms with E-state index in [1.165, 1.54) is 18.2 Å². The van der Waals surface area contributed by atoms with E-state index in [-0.39, 0.29) is 29.1 Å². The largest absolute Gasteiger partial charge is 0.371 e. The molecule has 0 bridgehead atoms. The van der Waals surface area contributed by atoms with Gasteiger partial charge in [-0.25, -0.2) is 0 Å². The van der Waals surface area contributed by atoms with Crippen molar-refractivity contribution >= 4 is 34.6 Å². The first-order chi connectivity index (χ1) is 16.3. The van der Waals surface area contributed by atoms with Crippen molar-refractivity contribution in [1.82, 2.24) is 4.98 Å². The number of aromatic nitrogens is 1. The molecule has 3 aromatic rings. The second-order valence-electron chi connectivity index (χ2n) is 8.36. The Labute approximate surface area is 196 Å². The molecule has 3 N–H and O–H groups in total. The van der Waals surface area contributed by atoms with E-state index in [2.05, 4.69) is 20.9 Å². The first-order valence-electron chi connectivity index (χ1n) is 11.0. The lowest BCUT2D eigenvalue weighted by atomic mass is 10.1. The highest BCUT2D eigenvalue weighted by Crippen LogP contribution is 2.32. The summed E-state index contributed by atoms with van der Waals surface area (Å²) in [6.45, 7) is 3.68. The second-order valence-corrected chi connectivity index (χ2v) is 8.36. The van der Waals surface area contributed by atoms with Gasteiger partial charge in [0.25, 0.3) is 11.6 Å². The highest BCUT2D eigenvalue weighted by Gasteiger charge is 2.29. The van der Waals surface area contributed by atoms with Gasteiger partial charge in [0, 0.05) is 35.1 Å². The van der Waals surface area contributed by atoms with Gasteiger partial charge in [-0.2, -0.15) is 0 Å². The van der Waals surface area contributed by atoms with Gasteiger partial charge in [0.2, 0.25) is 5.91 Å². The highest BCUT2D eigenvalue weighted by molar-refractivity contribution is 6.06. The maximum absolute atomic E-state index is 12.9. The molecule has 4 rings (SSSR count). The summed E-state index contributed by atoms with van der Waals surface area (Å²) in [4.78, 5) is 40.4. The van der Waals surface area contributed by atoms with E-state index in [1.807, 2.05) is 26.0 Å². The fourth-order valence-electron chi connectivity index (χ4n) is 3.50. The summed E-state index contributed by atoms with van der Waals surface area (Å²) in [5, 5.41) is 20.5. The number of nitrogens with zero attached hydrogens (tertiary/aromatic N) is 2. The van der Waals surface area contributed by atoms with E-state index < -0.39 is 10.8 Å². The van der Waals surface area contributed by atoms with Gasteiger partial charge in [-0.15, -0.1) is 0 Å².